The molecule has 0 saturated heterocycles. The Kier molecular flexibility index (Phi) is 4.07. The minimum Gasteiger partial charge on any atom is -0.478 e. The first-order valence-electron chi connectivity index (χ1n) is 7.29. The summed E-state index contributed by atoms with van der Waals surface area (Å²) in [5.74, 6) is -1.05. The van der Waals surface area contributed by atoms with E-state index in [1.54, 1.807) is 35.4 Å². The standard InChI is InChI=1S/C17H16ClN3O3/c1-20-14-6-3-10(7-15(14)21(2)17(20)24)9-19-11-4-5-12(16(22)23)13(18)8-11/h3-8,19H,9H2,1-2H3,(H,22,23). The van der Waals surface area contributed by atoms with E-state index in [0.717, 1.165) is 22.3 Å². The molecule has 0 aliphatic heterocycles. The molecule has 0 bridgehead atoms. The van der Waals surface area contributed by atoms with E-state index in [9.17, 15) is 9.59 Å². The summed E-state index contributed by atoms with van der Waals surface area (Å²) in [6, 6.07) is 10.5. The molecule has 0 radical (unpaired) electrons. The van der Waals surface area contributed by atoms with Crippen molar-refractivity contribution in [3.8, 4) is 0 Å². The van der Waals surface area contributed by atoms with Crippen LogP contribution in [0.25, 0.3) is 11.0 Å². The van der Waals surface area contributed by atoms with Gasteiger partial charge < -0.3 is 10.4 Å². The Hall–Kier alpha value is -2.73. The Morgan fingerprint density at radius 1 is 1.12 bits per heavy atom. The second-order valence-electron chi connectivity index (χ2n) is 5.58. The number of fused-ring (bicyclic) bond motifs is 1. The zero-order valence-electron chi connectivity index (χ0n) is 13.2. The number of halogens is 1. The number of aryl methyl sites for hydroxylation is 2. The van der Waals surface area contributed by atoms with Crippen molar-refractivity contribution in [3.63, 3.8) is 0 Å². The molecule has 124 valence electrons. The molecular weight excluding hydrogens is 330 g/mol. The van der Waals surface area contributed by atoms with Crippen LogP contribution in [0.15, 0.2) is 41.2 Å². The molecule has 0 amide bonds. The van der Waals surface area contributed by atoms with Gasteiger partial charge in [-0.3, -0.25) is 9.13 Å². The number of anilines is 1. The fourth-order valence-corrected chi connectivity index (χ4v) is 2.93. The highest BCUT2D eigenvalue weighted by Crippen LogP contribution is 2.22. The summed E-state index contributed by atoms with van der Waals surface area (Å²) in [5, 5.41) is 12.4. The molecule has 6 nitrogen and oxygen atoms in total. The van der Waals surface area contributed by atoms with Crippen LogP contribution in [0.3, 0.4) is 0 Å². The van der Waals surface area contributed by atoms with Gasteiger partial charge in [0.1, 0.15) is 0 Å². The van der Waals surface area contributed by atoms with Crippen LogP contribution in [-0.4, -0.2) is 20.2 Å². The topological polar surface area (TPSA) is 76.3 Å². The molecule has 0 atom stereocenters. The van der Waals surface area contributed by atoms with Crippen molar-refractivity contribution in [2.75, 3.05) is 5.32 Å². The molecule has 0 unspecified atom stereocenters. The molecular formula is C17H16ClN3O3. The van der Waals surface area contributed by atoms with E-state index >= 15 is 0 Å². The van der Waals surface area contributed by atoms with E-state index < -0.39 is 5.97 Å². The summed E-state index contributed by atoms with van der Waals surface area (Å²) >= 11 is 5.96. The second kappa shape index (κ2) is 6.05. The number of aromatic nitrogens is 2. The highest BCUT2D eigenvalue weighted by molar-refractivity contribution is 6.33. The van der Waals surface area contributed by atoms with Crippen LogP contribution in [0.5, 0.6) is 0 Å². The number of aromatic carboxylic acids is 1. The van der Waals surface area contributed by atoms with Gasteiger partial charge in [0.05, 0.1) is 21.6 Å². The van der Waals surface area contributed by atoms with Crippen LogP contribution in [0.2, 0.25) is 5.02 Å². The second-order valence-corrected chi connectivity index (χ2v) is 5.98. The maximum Gasteiger partial charge on any atom is 0.337 e. The van der Waals surface area contributed by atoms with Crippen LogP contribution in [0.1, 0.15) is 15.9 Å². The van der Waals surface area contributed by atoms with Crippen LogP contribution in [0.4, 0.5) is 5.69 Å². The van der Waals surface area contributed by atoms with E-state index in [1.165, 1.54) is 6.07 Å². The number of nitrogens with zero attached hydrogens (tertiary/aromatic N) is 2. The van der Waals surface area contributed by atoms with Crippen molar-refractivity contribution in [3.05, 3.63) is 63.0 Å². The SMILES string of the molecule is Cn1c(=O)n(C)c2cc(CNc3ccc(C(=O)O)c(Cl)c3)ccc21. The zero-order valence-corrected chi connectivity index (χ0v) is 14.0. The Morgan fingerprint density at radius 3 is 2.50 bits per heavy atom. The average molecular weight is 346 g/mol. The predicted octanol–water partition coefficient (Wildman–Crippen LogP) is 2.84. The van der Waals surface area contributed by atoms with Crippen LogP contribution in [-0.2, 0) is 20.6 Å². The molecule has 24 heavy (non-hydrogen) atoms. The van der Waals surface area contributed by atoms with E-state index in [2.05, 4.69) is 5.32 Å². The zero-order chi connectivity index (χ0) is 17.4. The third-order valence-corrected chi connectivity index (χ3v) is 4.35. The molecule has 0 aliphatic carbocycles. The van der Waals surface area contributed by atoms with Gasteiger partial charge in [0.15, 0.2) is 0 Å². The fraction of sp³-hybridized carbons (Fsp3) is 0.176. The molecule has 1 aromatic heterocycles. The first-order chi connectivity index (χ1) is 11.4. The first-order valence-corrected chi connectivity index (χ1v) is 7.67. The van der Waals surface area contributed by atoms with Crippen LogP contribution < -0.4 is 11.0 Å². The largest absolute Gasteiger partial charge is 0.478 e. The molecule has 0 aliphatic rings. The minimum absolute atomic E-state index is 0.0637. The summed E-state index contributed by atoms with van der Waals surface area (Å²) in [6.07, 6.45) is 0. The van der Waals surface area contributed by atoms with Crippen molar-refractivity contribution in [2.45, 2.75) is 6.54 Å². The van der Waals surface area contributed by atoms with Gasteiger partial charge >= 0.3 is 11.7 Å². The Bertz CT molecular complexity index is 1000. The number of rotatable bonds is 4. The molecule has 1 heterocycles. The summed E-state index contributed by atoms with van der Waals surface area (Å²) in [6.45, 7) is 0.530. The molecule has 0 saturated carbocycles. The molecule has 3 rings (SSSR count). The lowest BCUT2D eigenvalue weighted by Gasteiger charge is -2.09. The first kappa shape index (κ1) is 16.1. The highest BCUT2D eigenvalue weighted by atomic mass is 35.5. The summed E-state index contributed by atoms with van der Waals surface area (Å²) < 4.78 is 3.22. The van der Waals surface area contributed by atoms with Crippen molar-refractivity contribution in [2.24, 2.45) is 14.1 Å². The number of hydrogen-bond acceptors (Lipinski definition) is 3. The van der Waals surface area contributed by atoms with Crippen molar-refractivity contribution < 1.29 is 9.90 Å². The van der Waals surface area contributed by atoms with E-state index in [1.807, 2.05) is 18.2 Å². The fourth-order valence-electron chi connectivity index (χ4n) is 2.66. The van der Waals surface area contributed by atoms with Crippen molar-refractivity contribution >= 4 is 34.3 Å². The van der Waals surface area contributed by atoms with Gasteiger partial charge in [-0.25, -0.2) is 9.59 Å². The molecule has 3 aromatic rings. The Morgan fingerprint density at radius 2 is 1.83 bits per heavy atom. The van der Waals surface area contributed by atoms with Gasteiger partial charge in [-0.2, -0.15) is 0 Å². The third-order valence-electron chi connectivity index (χ3n) is 4.03. The number of benzene rings is 2. The molecule has 2 N–H and O–H groups in total. The monoisotopic (exact) mass is 345 g/mol. The lowest BCUT2D eigenvalue weighted by molar-refractivity contribution is 0.0697. The summed E-state index contributed by atoms with van der Waals surface area (Å²) in [5.41, 5.74) is 3.48. The molecule has 0 spiro atoms. The van der Waals surface area contributed by atoms with Gasteiger partial charge in [0.25, 0.3) is 0 Å². The quantitative estimate of drug-likeness (QED) is 0.762. The Balaban J connectivity index is 1.83. The number of carbonyl (C=O) groups is 1. The molecule has 0 fully saturated rings. The van der Waals surface area contributed by atoms with Gasteiger partial charge in [-0.1, -0.05) is 17.7 Å². The summed E-state index contributed by atoms with van der Waals surface area (Å²) in [4.78, 5) is 22.9. The number of imidazole rings is 1. The lowest BCUT2D eigenvalue weighted by atomic mass is 10.1. The van der Waals surface area contributed by atoms with Crippen molar-refractivity contribution in [1.82, 2.24) is 9.13 Å². The smallest absolute Gasteiger partial charge is 0.337 e. The number of carboxylic acid groups (broad SMARTS) is 1. The van der Waals surface area contributed by atoms with Crippen molar-refractivity contribution in [1.29, 1.82) is 0 Å². The Labute approximate surface area is 142 Å². The predicted molar refractivity (Wildman–Crippen MR) is 93.9 cm³/mol. The van der Waals surface area contributed by atoms with E-state index in [4.69, 9.17) is 16.7 Å². The number of nitrogens with one attached hydrogen (secondary N) is 1. The summed E-state index contributed by atoms with van der Waals surface area (Å²) in [7, 11) is 3.49. The van der Waals surface area contributed by atoms with E-state index in [0.29, 0.717) is 6.54 Å². The molecule has 2 aromatic carbocycles. The average Bonchev–Trinajstić information content (AvgIpc) is 2.77. The molecule has 7 heteroatoms. The lowest BCUT2D eigenvalue weighted by Crippen LogP contribution is -2.19. The van der Waals surface area contributed by atoms with Crippen LogP contribution in [0, 0.1) is 0 Å². The van der Waals surface area contributed by atoms with Gasteiger partial charge in [0.2, 0.25) is 0 Å². The minimum atomic E-state index is -1.05. The highest BCUT2D eigenvalue weighted by Gasteiger charge is 2.10. The normalized spacial score (nSPS) is 11.0. The maximum absolute atomic E-state index is 12.0. The maximum atomic E-state index is 12.0. The van der Waals surface area contributed by atoms with E-state index in [-0.39, 0.29) is 16.3 Å². The van der Waals surface area contributed by atoms with Gasteiger partial charge in [-0.15, -0.1) is 0 Å². The number of hydrogen-bond donors (Lipinski definition) is 2. The van der Waals surface area contributed by atoms with Gasteiger partial charge in [-0.05, 0) is 35.9 Å². The van der Waals surface area contributed by atoms with Crippen LogP contribution >= 0.6 is 11.6 Å². The number of carboxylic acids is 1. The van der Waals surface area contributed by atoms with Gasteiger partial charge in [0, 0.05) is 26.3 Å². The third kappa shape index (κ3) is 2.76.